The Morgan fingerprint density at radius 3 is 0.688 bits per heavy atom. The van der Waals surface area contributed by atoms with Gasteiger partial charge in [0.05, 0.1) is 0 Å². The molecule has 0 aliphatic rings. The molecule has 3 aromatic rings. The van der Waals surface area contributed by atoms with Crippen molar-refractivity contribution in [3.63, 3.8) is 0 Å². The van der Waals surface area contributed by atoms with E-state index in [2.05, 4.69) is 149 Å². The average molecular weight is 1110 g/mol. The van der Waals surface area contributed by atoms with Crippen molar-refractivity contribution in [1.29, 1.82) is 0 Å². The van der Waals surface area contributed by atoms with E-state index in [-0.39, 0.29) is 61.1 Å². The van der Waals surface area contributed by atoms with E-state index >= 15 is 0 Å². The number of hydrogen-bond acceptors (Lipinski definition) is 16. The number of rotatable bonds is 44. The lowest BCUT2D eigenvalue weighted by Gasteiger charge is -2.28. The van der Waals surface area contributed by atoms with Crippen molar-refractivity contribution in [3.8, 4) is 0 Å². The molecule has 18 N–H and O–H groups in total. The van der Waals surface area contributed by atoms with Crippen LogP contribution in [-0.4, -0.2) is 199 Å². The largest absolute Gasteiger partial charge is 0.355 e. The first-order chi connectivity index (χ1) is 38.9. The summed E-state index contributed by atoms with van der Waals surface area (Å²) in [4.78, 5) is 83.6. The fraction of sp³-hybridized carbons (Fsp3) is 0.517. The molecule has 0 unspecified atom stereocenters. The summed E-state index contributed by atoms with van der Waals surface area (Å²) < 4.78 is 0. The van der Waals surface area contributed by atoms with Crippen LogP contribution in [-0.2, 0) is 41.9 Å². The maximum absolute atomic E-state index is 12.6. The number of carbonyl (C=O) groups excluding carboxylic acids is 6. The first-order valence-corrected chi connectivity index (χ1v) is 28.2. The third-order valence-corrected chi connectivity index (χ3v) is 12.8. The molecule has 442 valence electrons. The topological polar surface area (TPSA) is 344 Å². The van der Waals surface area contributed by atoms with Crippen LogP contribution < -0.4 is 66.3 Å². The maximum Gasteiger partial charge on any atom is 0.221 e. The first kappa shape index (κ1) is 67.8. The van der Waals surface area contributed by atoms with Crippen LogP contribution in [0.3, 0.4) is 0 Å². The van der Waals surface area contributed by atoms with Crippen LogP contribution in [0.5, 0.6) is 0 Å². The van der Waals surface area contributed by atoms with Crippen molar-refractivity contribution >= 4 is 59.7 Å². The van der Waals surface area contributed by atoms with Gasteiger partial charge in [-0.15, -0.1) is 0 Å². The van der Waals surface area contributed by atoms with E-state index in [0.717, 1.165) is 33.4 Å². The van der Waals surface area contributed by atoms with E-state index in [9.17, 15) is 28.8 Å². The minimum Gasteiger partial charge on any atom is -0.355 e. The lowest BCUT2D eigenvalue weighted by Crippen LogP contribution is -2.40. The summed E-state index contributed by atoms with van der Waals surface area (Å²) in [5, 5.41) is 17.0. The normalized spacial score (nSPS) is 11.5. The highest BCUT2D eigenvalue weighted by Crippen LogP contribution is 2.16. The van der Waals surface area contributed by atoms with Crippen LogP contribution in [0.2, 0.25) is 0 Å². The van der Waals surface area contributed by atoms with E-state index in [4.69, 9.17) is 34.4 Å². The zero-order chi connectivity index (χ0) is 58.0. The lowest BCUT2D eigenvalue weighted by atomic mass is 10.1. The van der Waals surface area contributed by atoms with Gasteiger partial charge in [-0.3, -0.25) is 38.6 Å². The first-order valence-electron chi connectivity index (χ1n) is 28.2. The van der Waals surface area contributed by atoms with Gasteiger partial charge in [-0.25, -0.2) is 0 Å². The van der Waals surface area contributed by atoms with Crippen molar-refractivity contribution in [1.82, 2.24) is 51.5 Å². The second-order valence-corrected chi connectivity index (χ2v) is 19.4. The van der Waals surface area contributed by atoms with Crippen molar-refractivity contribution in [2.75, 3.05) is 144 Å². The number of hydrogen-bond donors (Lipinski definition) is 12. The molecule has 0 radical (unpaired) electrons. The minimum absolute atomic E-state index is 0.0712. The molecule has 3 aromatic carbocycles. The Balaban J connectivity index is 1.64. The van der Waals surface area contributed by atoms with E-state index in [1.165, 1.54) is 0 Å². The van der Waals surface area contributed by atoms with Gasteiger partial charge in [-0.05, 0) is 33.4 Å². The molecule has 0 aliphatic carbocycles. The van der Waals surface area contributed by atoms with E-state index in [0.29, 0.717) is 170 Å². The molecule has 0 bridgehead atoms. The molecule has 22 nitrogen and oxygen atoms in total. The van der Waals surface area contributed by atoms with Crippen LogP contribution in [0, 0.1) is 0 Å². The van der Waals surface area contributed by atoms with Crippen molar-refractivity contribution in [3.05, 3.63) is 106 Å². The monoisotopic (exact) mass is 1110 g/mol. The van der Waals surface area contributed by atoms with Gasteiger partial charge in [0.25, 0.3) is 0 Å². The highest BCUT2D eigenvalue weighted by molar-refractivity contribution is 5.78. The third kappa shape index (κ3) is 32.0. The molecule has 0 heterocycles. The fourth-order valence-electron chi connectivity index (χ4n) is 8.22. The molecule has 0 atom stereocenters. The molecule has 3 rings (SSSR count). The summed E-state index contributed by atoms with van der Waals surface area (Å²) >= 11 is 0. The average Bonchev–Trinajstić information content (AvgIpc) is 3.47. The maximum atomic E-state index is 12.6. The van der Waals surface area contributed by atoms with E-state index in [1.54, 1.807) is 0 Å². The zero-order valence-corrected chi connectivity index (χ0v) is 47.2. The van der Waals surface area contributed by atoms with Gasteiger partial charge in [0, 0.05) is 196 Å². The van der Waals surface area contributed by atoms with Gasteiger partial charge >= 0.3 is 0 Å². The lowest BCUT2D eigenvalue weighted by molar-refractivity contribution is -0.123. The van der Waals surface area contributed by atoms with E-state index in [1.807, 2.05) is 0 Å². The molecule has 80 heavy (non-hydrogen) atoms. The van der Waals surface area contributed by atoms with Gasteiger partial charge < -0.3 is 76.1 Å². The number of amides is 6. The molecule has 0 aliphatic heterocycles. The van der Waals surface area contributed by atoms with Crippen molar-refractivity contribution in [2.24, 2.45) is 34.4 Å². The van der Waals surface area contributed by atoms with Crippen LogP contribution in [0.25, 0.3) is 24.3 Å². The van der Waals surface area contributed by atoms with Gasteiger partial charge in [0.1, 0.15) is 0 Å². The molecule has 0 fully saturated rings. The predicted octanol–water partition coefficient (Wildman–Crippen LogP) is -0.975. The Labute approximate surface area is 474 Å². The highest BCUT2D eigenvalue weighted by Gasteiger charge is 2.17. The number of nitrogens with one attached hydrogen (secondary N) is 6. The molecule has 6 amide bonds. The molecular weight excluding hydrogens is 1020 g/mol. The summed E-state index contributed by atoms with van der Waals surface area (Å²) in [7, 11) is 0. The second kappa shape index (κ2) is 42.4. The summed E-state index contributed by atoms with van der Waals surface area (Å²) in [5.41, 5.74) is 39.8. The van der Waals surface area contributed by atoms with Crippen molar-refractivity contribution in [2.45, 2.75) is 51.6 Å². The Morgan fingerprint density at radius 2 is 0.475 bits per heavy atom. The Hall–Kier alpha value is -6.44. The number of carbonyl (C=O) groups is 6. The molecular formula is C58H94N16O6. The minimum atomic E-state index is -0.0968. The molecule has 0 spiro atoms. The van der Waals surface area contributed by atoms with Gasteiger partial charge in [0.2, 0.25) is 35.4 Å². The van der Waals surface area contributed by atoms with Crippen LogP contribution >= 0.6 is 0 Å². The number of benzene rings is 3. The standard InChI is InChI=1S/C58H94N16O6/c59-23-29-65-53(75)17-35-71(36-18-54(76)66-30-24-60)41-43-73(39-21-57(79)69-33-27-63)45-51-13-9-49(10-14-51)7-5-47-1-2-48(4-3-47)6-8-50-11-15-52(16-12-50)46-74(40-22-58(80)70-34-28-64)44-42-72(37-19-55(77)67-31-25-61)38-20-56(78)68-32-26-62/h1-16H,17-46,59-64H2,(H,65,75)(H,66,76)(H,67,77)(H,68,78)(H,69,79)(H,70,80). The van der Waals surface area contributed by atoms with Gasteiger partial charge in [-0.2, -0.15) is 0 Å². The van der Waals surface area contributed by atoms with Gasteiger partial charge in [-0.1, -0.05) is 97.1 Å². The Bertz CT molecular complexity index is 2080. The summed E-state index contributed by atoms with van der Waals surface area (Å²) in [6.45, 7) is 11.1. The molecule has 22 heteroatoms. The SMILES string of the molecule is NCCNC(=O)CCN(CCC(=O)NCCN)CCN(CCC(=O)NCCN)Cc1ccc(C=Cc2ccc(C=Cc3ccc(CN(CCC(=O)NCCN)CCN(CCC(=O)NCCN)CCC(=O)NCCN)cc3)cc2)cc1. The Kier molecular flexibility index (Phi) is 36.0. The quantitative estimate of drug-likeness (QED) is 0.0303. The summed E-state index contributed by atoms with van der Waals surface area (Å²) in [5.74, 6) is -0.530. The van der Waals surface area contributed by atoms with Gasteiger partial charge in [0.15, 0.2) is 0 Å². The molecule has 0 saturated heterocycles. The highest BCUT2D eigenvalue weighted by atomic mass is 16.2. The summed E-state index contributed by atoms with van der Waals surface area (Å²) in [6, 6.07) is 25.0. The number of nitrogens with zero attached hydrogens (tertiary/aromatic N) is 4. The van der Waals surface area contributed by atoms with Crippen LogP contribution in [0.15, 0.2) is 72.8 Å². The second-order valence-electron chi connectivity index (χ2n) is 19.4. The Morgan fingerprint density at radius 1 is 0.287 bits per heavy atom. The third-order valence-electron chi connectivity index (χ3n) is 12.8. The zero-order valence-electron chi connectivity index (χ0n) is 47.2. The fourth-order valence-corrected chi connectivity index (χ4v) is 8.22. The molecule has 0 saturated carbocycles. The van der Waals surface area contributed by atoms with Crippen molar-refractivity contribution < 1.29 is 28.8 Å². The van der Waals surface area contributed by atoms with E-state index < -0.39 is 0 Å². The van der Waals surface area contributed by atoms with Crippen LogP contribution in [0.1, 0.15) is 71.9 Å². The number of nitrogens with two attached hydrogens (primary N) is 6. The predicted molar refractivity (Wildman–Crippen MR) is 321 cm³/mol. The van der Waals surface area contributed by atoms with Crippen LogP contribution in [0.4, 0.5) is 0 Å². The smallest absolute Gasteiger partial charge is 0.221 e. The molecule has 0 aromatic heterocycles. The summed E-state index contributed by atoms with van der Waals surface area (Å²) in [6.07, 6.45) is 10.0.